The lowest BCUT2D eigenvalue weighted by atomic mass is 10.0. The first-order valence-corrected chi connectivity index (χ1v) is 11.5. The average Bonchev–Trinajstić information content (AvgIpc) is 3.10. The van der Waals surface area contributed by atoms with E-state index in [9.17, 15) is 17.6 Å². The molecule has 31 heavy (non-hydrogen) atoms. The lowest BCUT2D eigenvalue weighted by molar-refractivity contribution is 0.0940. The van der Waals surface area contributed by atoms with Crippen LogP contribution in [0.4, 0.5) is 10.1 Å². The van der Waals surface area contributed by atoms with Gasteiger partial charge < -0.3 is 5.32 Å². The van der Waals surface area contributed by atoms with Crippen molar-refractivity contribution in [2.75, 3.05) is 4.31 Å². The monoisotopic (exact) mass is 438 g/mol. The predicted molar refractivity (Wildman–Crippen MR) is 118 cm³/mol. The van der Waals surface area contributed by atoms with Crippen molar-refractivity contribution in [3.05, 3.63) is 95.3 Å². The van der Waals surface area contributed by atoms with E-state index in [-0.39, 0.29) is 28.7 Å². The van der Waals surface area contributed by atoms with Gasteiger partial charge >= 0.3 is 0 Å². The van der Waals surface area contributed by atoms with Crippen LogP contribution in [0.2, 0.25) is 0 Å². The lowest BCUT2D eigenvalue weighted by Crippen LogP contribution is -2.35. The molecule has 2 atom stereocenters. The van der Waals surface area contributed by atoms with Gasteiger partial charge in [-0.2, -0.15) is 0 Å². The van der Waals surface area contributed by atoms with Gasteiger partial charge in [0.05, 0.1) is 16.6 Å². The molecule has 0 radical (unpaired) electrons. The number of benzene rings is 3. The van der Waals surface area contributed by atoms with E-state index >= 15 is 0 Å². The predicted octanol–water partition coefficient (Wildman–Crippen LogP) is 4.46. The second-order valence-corrected chi connectivity index (χ2v) is 9.57. The second kappa shape index (κ2) is 8.15. The van der Waals surface area contributed by atoms with E-state index in [1.165, 1.54) is 16.4 Å². The van der Waals surface area contributed by atoms with Crippen molar-refractivity contribution in [1.82, 2.24) is 5.32 Å². The average molecular weight is 439 g/mol. The summed E-state index contributed by atoms with van der Waals surface area (Å²) in [6.45, 7) is 3.69. The Hall–Kier alpha value is -3.19. The number of halogens is 1. The summed E-state index contributed by atoms with van der Waals surface area (Å²) in [5.41, 5.74) is 2.66. The van der Waals surface area contributed by atoms with Gasteiger partial charge in [-0.05, 0) is 73.9 Å². The number of rotatable bonds is 5. The van der Waals surface area contributed by atoms with Crippen LogP contribution < -0.4 is 9.62 Å². The SMILES string of the molecule is C[C@@H]1Cc2cc(C(=O)N[C@H](C)c3ccc(F)cc3)ccc2N1S(=O)(=O)c1ccccc1. The summed E-state index contributed by atoms with van der Waals surface area (Å²) < 4.78 is 40.9. The molecule has 0 unspecified atom stereocenters. The van der Waals surface area contributed by atoms with E-state index < -0.39 is 10.0 Å². The van der Waals surface area contributed by atoms with Crippen LogP contribution in [0.5, 0.6) is 0 Å². The maximum Gasteiger partial charge on any atom is 0.264 e. The first kappa shape index (κ1) is 21.1. The maximum absolute atomic E-state index is 13.2. The minimum absolute atomic E-state index is 0.240. The fraction of sp³-hybridized carbons (Fsp3) is 0.208. The number of anilines is 1. The standard InChI is InChI=1S/C24H23FN2O3S/c1-16-14-20-15-19(24(28)26-17(2)18-8-11-21(25)12-9-18)10-13-23(20)27(16)31(29,30)22-6-4-3-5-7-22/h3-13,15-17H,14H2,1-2H3,(H,26,28)/t16-,17-/m1/s1. The molecule has 0 fully saturated rings. The van der Waals surface area contributed by atoms with E-state index in [0.29, 0.717) is 17.7 Å². The minimum Gasteiger partial charge on any atom is -0.346 e. The van der Waals surface area contributed by atoms with Gasteiger partial charge in [0.2, 0.25) is 0 Å². The fourth-order valence-electron chi connectivity index (χ4n) is 3.93. The zero-order chi connectivity index (χ0) is 22.2. The van der Waals surface area contributed by atoms with E-state index in [2.05, 4.69) is 5.32 Å². The van der Waals surface area contributed by atoms with Gasteiger partial charge in [-0.3, -0.25) is 9.10 Å². The van der Waals surface area contributed by atoms with Crippen LogP contribution >= 0.6 is 0 Å². The summed E-state index contributed by atoms with van der Waals surface area (Å²) in [6, 6.07) is 18.9. The van der Waals surface area contributed by atoms with Crippen LogP contribution in [0, 0.1) is 5.82 Å². The van der Waals surface area contributed by atoms with Crippen LogP contribution in [0.15, 0.2) is 77.7 Å². The maximum atomic E-state index is 13.2. The van der Waals surface area contributed by atoms with Crippen molar-refractivity contribution < 1.29 is 17.6 Å². The van der Waals surface area contributed by atoms with Gasteiger partial charge in [0.25, 0.3) is 15.9 Å². The molecule has 5 nitrogen and oxygen atoms in total. The van der Waals surface area contributed by atoms with E-state index in [1.54, 1.807) is 60.7 Å². The summed E-state index contributed by atoms with van der Waals surface area (Å²) in [5, 5.41) is 2.91. The third kappa shape index (κ3) is 4.05. The molecule has 3 aromatic rings. The van der Waals surface area contributed by atoms with Crippen LogP contribution in [0.1, 0.15) is 41.4 Å². The Kier molecular flexibility index (Phi) is 5.54. The number of sulfonamides is 1. The molecule has 1 aliphatic rings. The summed E-state index contributed by atoms with van der Waals surface area (Å²) in [5.74, 6) is -0.596. The van der Waals surface area contributed by atoms with Gasteiger partial charge in [-0.25, -0.2) is 12.8 Å². The Morgan fingerprint density at radius 2 is 1.74 bits per heavy atom. The fourth-order valence-corrected chi connectivity index (χ4v) is 5.64. The van der Waals surface area contributed by atoms with Gasteiger partial charge in [-0.1, -0.05) is 30.3 Å². The molecule has 0 aromatic heterocycles. The molecule has 1 aliphatic heterocycles. The van der Waals surface area contributed by atoms with Crippen LogP contribution in [-0.2, 0) is 16.4 Å². The minimum atomic E-state index is -3.69. The molecule has 4 rings (SSSR count). The van der Waals surface area contributed by atoms with E-state index in [0.717, 1.165) is 11.1 Å². The molecule has 1 amide bonds. The molecule has 0 saturated carbocycles. The van der Waals surface area contributed by atoms with Gasteiger partial charge in [0, 0.05) is 11.6 Å². The number of nitrogens with zero attached hydrogens (tertiary/aromatic N) is 1. The highest BCUT2D eigenvalue weighted by Gasteiger charge is 2.36. The molecule has 160 valence electrons. The smallest absolute Gasteiger partial charge is 0.264 e. The van der Waals surface area contributed by atoms with Crippen molar-refractivity contribution >= 4 is 21.6 Å². The van der Waals surface area contributed by atoms with E-state index in [4.69, 9.17) is 0 Å². The molecule has 1 heterocycles. The zero-order valence-corrected chi connectivity index (χ0v) is 18.1. The third-order valence-corrected chi connectivity index (χ3v) is 7.45. The zero-order valence-electron chi connectivity index (χ0n) is 17.2. The number of nitrogens with one attached hydrogen (secondary N) is 1. The molecule has 0 bridgehead atoms. The number of fused-ring (bicyclic) bond motifs is 1. The summed E-state index contributed by atoms with van der Waals surface area (Å²) in [4.78, 5) is 13.0. The molecule has 0 saturated heterocycles. The second-order valence-electron chi connectivity index (χ2n) is 7.76. The molecule has 7 heteroatoms. The van der Waals surface area contributed by atoms with Crippen molar-refractivity contribution in [1.29, 1.82) is 0 Å². The highest BCUT2D eigenvalue weighted by Crippen LogP contribution is 2.37. The summed E-state index contributed by atoms with van der Waals surface area (Å²) in [6.07, 6.45) is 0.524. The van der Waals surface area contributed by atoms with Crippen LogP contribution in [0.25, 0.3) is 0 Å². The number of amides is 1. The van der Waals surface area contributed by atoms with E-state index in [1.807, 2.05) is 13.8 Å². The highest BCUT2D eigenvalue weighted by molar-refractivity contribution is 7.92. The van der Waals surface area contributed by atoms with Crippen molar-refractivity contribution in [2.45, 2.75) is 37.2 Å². The van der Waals surface area contributed by atoms with Crippen molar-refractivity contribution in [3.63, 3.8) is 0 Å². The quantitative estimate of drug-likeness (QED) is 0.640. The first-order chi connectivity index (χ1) is 14.8. The Bertz CT molecular complexity index is 1210. The number of carbonyl (C=O) groups excluding carboxylic acids is 1. The molecule has 0 spiro atoms. The molecule has 0 aliphatic carbocycles. The number of hydrogen-bond donors (Lipinski definition) is 1. The van der Waals surface area contributed by atoms with Crippen LogP contribution in [-0.4, -0.2) is 20.4 Å². The van der Waals surface area contributed by atoms with Crippen molar-refractivity contribution in [2.24, 2.45) is 0 Å². The highest BCUT2D eigenvalue weighted by atomic mass is 32.2. The van der Waals surface area contributed by atoms with Gasteiger partial charge in [-0.15, -0.1) is 0 Å². The van der Waals surface area contributed by atoms with Gasteiger partial charge in [0.15, 0.2) is 0 Å². The Balaban J connectivity index is 1.57. The van der Waals surface area contributed by atoms with Gasteiger partial charge in [0.1, 0.15) is 5.82 Å². The molecular formula is C24H23FN2O3S. The molecule has 3 aromatic carbocycles. The summed E-state index contributed by atoms with van der Waals surface area (Å²) >= 11 is 0. The normalized spacial score (nSPS) is 16.6. The number of hydrogen-bond acceptors (Lipinski definition) is 3. The molecule has 1 N–H and O–H groups in total. The Labute approximate surface area is 181 Å². The topological polar surface area (TPSA) is 66.5 Å². The van der Waals surface area contributed by atoms with Crippen molar-refractivity contribution in [3.8, 4) is 0 Å². The number of carbonyl (C=O) groups is 1. The first-order valence-electron chi connectivity index (χ1n) is 10.1. The third-order valence-electron chi connectivity index (χ3n) is 5.51. The summed E-state index contributed by atoms with van der Waals surface area (Å²) in [7, 11) is -3.69. The largest absolute Gasteiger partial charge is 0.346 e. The Morgan fingerprint density at radius 1 is 1.06 bits per heavy atom. The molecular weight excluding hydrogens is 415 g/mol. The van der Waals surface area contributed by atoms with Crippen LogP contribution in [0.3, 0.4) is 0 Å². The lowest BCUT2D eigenvalue weighted by Gasteiger charge is -2.24. The Morgan fingerprint density at radius 3 is 2.42 bits per heavy atom.